The molecule has 1 amide bonds. The minimum Gasteiger partial charge on any atom is -0.480 e. The van der Waals surface area contributed by atoms with Gasteiger partial charge in [0.15, 0.2) is 0 Å². The fourth-order valence-electron chi connectivity index (χ4n) is 3.09. The van der Waals surface area contributed by atoms with Crippen molar-refractivity contribution in [3.05, 3.63) is 21.9 Å². The summed E-state index contributed by atoms with van der Waals surface area (Å²) in [6.07, 6.45) is 2.89. The van der Waals surface area contributed by atoms with E-state index < -0.39 is 12.0 Å². The topological polar surface area (TPSA) is 57.6 Å². The quantitative estimate of drug-likeness (QED) is 0.912. The van der Waals surface area contributed by atoms with Crippen LogP contribution in [0.15, 0.2) is 11.4 Å². The molecule has 2 aliphatic rings. The van der Waals surface area contributed by atoms with Crippen LogP contribution in [0.1, 0.15) is 36.1 Å². The normalized spacial score (nSPS) is 29.2. The molecule has 0 aromatic carbocycles. The summed E-state index contributed by atoms with van der Waals surface area (Å²) in [4.78, 5) is 27.1. The van der Waals surface area contributed by atoms with Crippen LogP contribution in [0.25, 0.3) is 0 Å². The Balaban J connectivity index is 1.88. The van der Waals surface area contributed by atoms with E-state index in [1.165, 1.54) is 4.88 Å². The van der Waals surface area contributed by atoms with E-state index in [0.29, 0.717) is 5.75 Å². The van der Waals surface area contributed by atoms with Crippen molar-refractivity contribution in [3.63, 3.8) is 0 Å². The summed E-state index contributed by atoms with van der Waals surface area (Å²) in [7, 11) is 0. The number of hydrogen-bond donors (Lipinski definition) is 1. The lowest BCUT2D eigenvalue weighted by Gasteiger charge is -2.31. The van der Waals surface area contributed by atoms with Gasteiger partial charge in [-0.1, -0.05) is 0 Å². The molecule has 0 saturated carbocycles. The highest BCUT2D eigenvalue weighted by molar-refractivity contribution is 8.00. The van der Waals surface area contributed by atoms with Crippen molar-refractivity contribution in [1.29, 1.82) is 0 Å². The van der Waals surface area contributed by atoms with Gasteiger partial charge in [-0.25, -0.2) is 4.79 Å². The molecule has 3 atom stereocenters. The molecule has 1 fully saturated rings. The molecule has 1 N–H and O–H groups in total. The van der Waals surface area contributed by atoms with Gasteiger partial charge in [0.2, 0.25) is 5.91 Å². The first kappa shape index (κ1) is 13.9. The largest absolute Gasteiger partial charge is 0.480 e. The molecule has 3 unspecified atom stereocenters. The van der Waals surface area contributed by atoms with Gasteiger partial charge >= 0.3 is 5.97 Å². The predicted molar refractivity (Wildman–Crippen MR) is 80.2 cm³/mol. The van der Waals surface area contributed by atoms with Gasteiger partial charge in [0.1, 0.15) is 6.04 Å². The monoisotopic (exact) mass is 311 g/mol. The maximum Gasteiger partial charge on any atom is 0.327 e. The van der Waals surface area contributed by atoms with Crippen molar-refractivity contribution in [3.8, 4) is 0 Å². The number of carbonyl (C=O) groups excluding carboxylic acids is 1. The molecular weight excluding hydrogens is 294 g/mol. The molecule has 108 valence electrons. The average Bonchev–Trinajstić information content (AvgIpc) is 3.03. The fourth-order valence-corrected chi connectivity index (χ4v) is 5.25. The first-order chi connectivity index (χ1) is 9.59. The van der Waals surface area contributed by atoms with Crippen LogP contribution in [0, 0.1) is 0 Å². The zero-order valence-electron chi connectivity index (χ0n) is 11.2. The van der Waals surface area contributed by atoms with E-state index in [1.54, 1.807) is 28.0 Å². The van der Waals surface area contributed by atoms with E-state index in [9.17, 15) is 14.7 Å². The van der Waals surface area contributed by atoms with Crippen molar-refractivity contribution >= 4 is 35.0 Å². The maximum atomic E-state index is 12.8. The number of aliphatic carboxylic acids is 1. The number of carbonyl (C=O) groups is 2. The second-order valence-electron chi connectivity index (χ2n) is 5.28. The zero-order valence-corrected chi connectivity index (χ0v) is 12.9. The van der Waals surface area contributed by atoms with Gasteiger partial charge in [-0.3, -0.25) is 4.79 Å². The third kappa shape index (κ3) is 2.24. The number of amides is 1. The highest BCUT2D eigenvalue weighted by Gasteiger charge is 2.43. The molecule has 1 aliphatic carbocycles. The number of thioether (sulfide) groups is 1. The van der Waals surface area contributed by atoms with Crippen molar-refractivity contribution in [2.24, 2.45) is 0 Å². The summed E-state index contributed by atoms with van der Waals surface area (Å²) in [6, 6.07) is 1.36. The van der Waals surface area contributed by atoms with Crippen LogP contribution in [0.5, 0.6) is 0 Å². The second-order valence-corrected chi connectivity index (χ2v) is 7.63. The molecule has 20 heavy (non-hydrogen) atoms. The summed E-state index contributed by atoms with van der Waals surface area (Å²) in [5.41, 5.74) is 1.12. The molecule has 1 saturated heterocycles. The fraction of sp³-hybridized carbons (Fsp3) is 0.571. The van der Waals surface area contributed by atoms with E-state index >= 15 is 0 Å². The number of carboxylic acids is 1. The molecule has 1 aromatic heterocycles. The molecule has 0 spiro atoms. The van der Waals surface area contributed by atoms with E-state index in [2.05, 4.69) is 0 Å². The maximum absolute atomic E-state index is 12.8. The molecule has 1 aliphatic heterocycles. The van der Waals surface area contributed by atoms with Crippen molar-refractivity contribution < 1.29 is 14.7 Å². The highest BCUT2D eigenvalue weighted by Crippen LogP contribution is 2.39. The Bertz CT molecular complexity index is 542. The van der Waals surface area contributed by atoms with Crippen LogP contribution in [-0.2, 0) is 16.0 Å². The zero-order chi connectivity index (χ0) is 14.3. The number of fused-ring (bicyclic) bond motifs is 1. The van der Waals surface area contributed by atoms with E-state index in [0.717, 1.165) is 24.8 Å². The third-order valence-electron chi connectivity index (χ3n) is 4.11. The van der Waals surface area contributed by atoms with Crippen molar-refractivity contribution in [2.75, 3.05) is 5.75 Å². The van der Waals surface area contributed by atoms with E-state index in [-0.39, 0.29) is 17.2 Å². The summed E-state index contributed by atoms with van der Waals surface area (Å²) >= 11 is 3.25. The van der Waals surface area contributed by atoms with Gasteiger partial charge < -0.3 is 10.0 Å². The van der Waals surface area contributed by atoms with Crippen LogP contribution in [0.4, 0.5) is 0 Å². The van der Waals surface area contributed by atoms with Gasteiger partial charge in [0, 0.05) is 10.6 Å². The molecule has 3 rings (SSSR count). The van der Waals surface area contributed by atoms with Gasteiger partial charge in [0.25, 0.3) is 0 Å². The third-order valence-corrected chi connectivity index (χ3v) is 6.33. The van der Waals surface area contributed by atoms with E-state index in [1.807, 2.05) is 18.4 Å². The summed E-state index contributed by atoms with van der Waals surface area (Å²) in [5.74, 6) is -0.551. The molecule has 0 bridgehead atoms. The van der Waals surface area contributed by atoms with Crippen LogP contribution in [-0.4, -0.2) is 39.1 Å². The lowest BCUT2D eigenvalue weighted by atomic mass is 9.86. The summed E-state index contributed by atoms with van der Waals surface area (Å²) < 4.78 is 0. The van der Waals surface area contributed by atoms with Crippen LogP contribution in [0.3, 0.4) is 0 Å². The van der Waals surface area contributed by atoms with Crippen molar-refractivity contribution in [1.82, 2.24) is 4.90 Å². The number of nitrogens with zero attached hydrogens (tertiary/aromatic N) is 1. The number of hydrogen-bond acceptors (Lipinski definition) is 4. The minimum absolute atomic E-state index is 0.00532. The molecule has 0 radical (unpaired) electrons. The molecule has 1 aromatic rings. The molecule has 4 nitrogen and oxygen atoms in total. The smallest absolute Gasteiger partial charge is 0.327 e. The van der Waals surface area contributed by atoms with Gasteiger partial charge in [-0.15, -0.1) is 23.1 Å². The van der Waals surface area contributed by atoms with Crippen LogP contribution >= 0.6 is 23.1 Å². The minimum atomic E-state index is -0.892. The Morgan fingerprint density at radius 2 is 2.25 bits per heavy atom. The number of rotatable bonds is 2. The lowest BCUT2D eigenvalue weighted by Crippen LogP contribution is -2.47. The Labute approximate surface area is 126 Å². The molecule has 6 heteroatoms. The summed E-state index contributed by atoms with van der Waals surface area (Å²) in [6.45, 7) is 1.92. The Morgan fingerprint density at radius 3 is 3.00 bits per heavy atom. The summed E-state index contributed by atoms with van der Waals surface area (Å²) in [5, 5.41) is 11.3. The first-order valence-corrected chi connectivity index (χ1v) is 8.75. The number of carboxylic acid groups (broad SMARTS) is 1. The highest BCUT2D eigenvalue weighted by atomic mass is 32.2. The molecule has 2 heterocycles. The number of aryl methyl sites for hydroxylation is 1. The van der Waals surface area contributed by atoms with E-state index in [4.69, 9.17) is 0 Å². The Hall–Kier alpha value is -1.01. The standard InChI is InChI=1S/C14H17NO3S2/c1-8-15(11(7-20-8)14(17)18)13(16)10-3-2-4-12-9(10)5-6-19-12/h5-6,8,10-11H,2-4,7H2,1H3,(H,17,18). The Morgan fingerprint density at radius 1 is 1.45 bits per heavy atom. The van der Waals surface area contributed by atoms with Gasteiger partial charge in [-0.05, 0) is 43.2 Å². The first-order valence-electron chi connectivity index (χ1n) is 6.82. The number of thiophene rings is 1. The second kappa shape index (κ2) is 5.41. The molecular formula is C14H17NO3S2. The predicted octanol–water partition coefficient (Wildman–Crippen LogP) is 2.54. The van der Waals surface area contributed by atoms with Crippen molar-refractivity contribution in [2.45, 2.75) is 43.5 Å². The van der Waals surface area contributed by atoms with Crippen LogP contribution < -0.4 is 0 Å². The SMILES string of the molecule is CC1SCC(C(=O)O)N1C(=O)C1CCCc2sccc21. The van der Waals surface area contributed by atoms with Crippen LogP contribution in [0.2, 0.25) is 0 Å². The Kier molecular flexibility index (Phi) is 3.77. The lowest BCUT2D eigenvalue weighted by molar-refractivity contribution is -0.149. The van der Waals surface area contributed by atoms with Gasteiger partial charge in [-0.2, -0.15) is 0 Å². The van der Waals surface area contributed by atoms with Gasteiger partial charge in [0.05, 0.1) is 11.3 Å². The average molecular weight is 311 g/mol.